The van der Waals surface area contributed by atoms with Crippen LogP contribution in [0.15, 0.2) is 11.0 Å². The molecule has 4 nitrogen and oxygen atoms in total. The van der Waals surface area contributed by atoms with Gasteiger partial charge in [-0.25, -0.2) is 8.42 Å². The summed E-state index contributed by atoms with van der Waals surface area (Å²) in [5.74, 6) is -0.256. The molecule has 0 fully saturated rings. The molecule has 0 aliphatic carbocycles. The Kier molecular flexibility index (Phi) is 8.36. The van der Waals surface area contributed by atoms with E-state index in [4.69, 9.17) is 0 Å². The average molecular weight is 320 g/mol. The Morgan fingerprint density at radius 3 is 2.19 bits per heavy atom. The van der Waals surface area contributed by atoms with Gasteiger partial charge in [0.05, 0.1) is 4.90 Å². The minimum atomic E-state index is -4.64. The van der Waals surface area contributed by atoms with Crippen molar-refractivity contribution in [2.24, 2.45) is 0 Å². The first-order chi connectivity index (χ1) is 9.20. The van der Waals surface area contributed by atoms with Gasteiger partial charge >= 0.3 is 29.6 Å². The van der Waals surface area contributed by atoms with Crippen molar-refractivity contribution in [3.05, 3.63) is 28.3 Å². The van der Waals surface area contributed by atoms with E-state index < -0.39 is 10.1 Å². The molecule has 1 rings (SSSR count). The molecule has 0 amide bonds. The van der Waals surface area contributed by atoms with Crippen molar-refractivity contribution < 1.29 is 47.3 Å². The zero-order chi connectivity index (χ0) is 15.5. The zero-order valence-corrected chi connectivity index (χ0v) is 16.3. The zero-order valence-electron chi connectivity index (χ0n) is 13.4. The van der Waals surface area contributed by atoms with Crippen molar-refractivity contribution in [1.29, 1.82) is 0 Å². The first-order valence-corrected chi connectivity index (χ1v) is 8.20. The van der Waals surface area contributed by atoms with Gasteiger partial charge in [-0.05, 0) is 49.9 Å². The molecular formula is C15H21NaO4S. The molecule has 112 valence electrons. The minimum absolute atomic E-state index is 0. The number of hydrogen-bond acceptors (Lipinski definition) is 4. The second-order valence-corrected chi connectivity index (χ2v) is 6.50. The third kappa shape index (κ3) is 5.18. The van der Waals surface area contributed by atoms with Gasteiger partial charge in [-0.2, -0.15) is 0 Å². The third-order valence-electron chi connectivity index (χ3n) is 3.68. The van der Waals surface area contributed by atoms with E-state index in [-0.39, 0.29) is 52.2 Å². The molecule has 0 aliphatic rings. The molecule has 0 radical (unpaired) electrons. The summed E-state index contributed by atoms with van der Waals surface area (Å²) < 4.78 is 34.2. The molecule has 0 saturated heterocycles. The molecule has 0 aliphatic heterocycles. The summed E-state index contributed by atoms with van der Waals surface area (Å²) in [6.45, 7) is 7.29. The molecule has 0 aromatic heterocycles. The number of carbonyl (C=O) groups excluding carboxylic acids is 1. The van der Waals surface area contributed by atoms with Gasteiger partial charge in [-0.1, -0.05) is 19.8 Å². The van der Waals surface area contributed by atoms with Gasteiger partial charge in [0.15, 0.2) is 5.78 Å². The van der Waals surface area contributed by atoms with Crippen LogP contribution in [0.25, 0.3) is 0 Å². The third-order valence-corrected chi connectivity index (χ3v) is 4.54. The number of Topliss-reactive ketones (excluding diaryl/α,β-unsaturated/α-hetero) is 1. The Morgan fingerprint density at radius 1 is 1.14 bits per heavy atom. The van der Waals surface area contributed by atoms with Crippen molar-refractivity contribution >= 4 is 15.9 Å². The van der Waals surface area contributed by atoms with E-state index in [1.807, 2.05) is 13.8 Å². The molecule has 0 bridgehead atoms. The van der Waals surface area contributed by atoms with Gasteiger partial charge in [0.1, 0.15) is 10.1 Å². The second kappa shape index (κ2) is 8.44. The molecular weight excluding hydrogens is 299 g/mol. The van der Waals surface area contributed by atoms with Gasteiger partial charge in [0.25, 0.3) is 0 Å². The van der Waals surface area contributed by atoms with Crippen molar-refractivity contribution in [2.45, 2.75) is 58.3 Å². The molecule has 6 heteroatoms. The van der Waals surface area contributed by atoms with E-state index in [1.165, 1.54) is 6.07 Å². The number of hydrogen-bond donors (Lipinski definition) is 0. The largest absolute Gasteiger partial charge is 1.00 e. The van der Waals surface area contributed by atoms with Gasteiger partial charge < -0.3 is 4.55 Å². The molecule has 1 aromatic carbocycles. The van der Waals surface area contributed by atoms with E-state index in [9.17, 15) is 17.8 Å². The van der Waals surface area contributed by atoms with Crippen LogP contribution in [0.1, 0.15) is 59.7 Å². The van der Waals surface area contributed by atoms with E-state index in [0.29, 0.717) is 17.5 Å². The maximum absolute atomic E-state index is 12.3. The monoisotopic (exact) mass is 320 g/mol. The molecule has 0 atom stereocenters. The summed E-state index contributed by atoms with van der Waals surface area (Å²) in [7, 11) is -4.64. The topological polar surface area (TPSA) is 74.3 Å². The summed E-state index contributed by atoms with van der Waals surface area (Å²) in [5.41, 5.74) is 2.25. The van der Waals surface area contributed by atoms with Crippen LogP contribution in [0, 0.1) is 20.8 Å². The van der Waals surface area contributed by atoms with Crippen molar-refractivity contribution in [3.63, 3.8) is 0 Å². The normalized spacial score (nSPS) is 11.1. The van der Waals surface area contributed by atoms with Gasteiger partial charge in [-0.3, -0.25) is 4.79 Å². The number of ketones is 1. The first-order valence-electron chi connectivity index (χ1n) is 6.80. The van der Waals surface area contributed by atoms with Crippen LogP contribution in [-0.2, 0) is 10.1 Å². The second-order valence-electron chi connectivity index (χ2n) is 5.15. The Hall–Kier alpha value is -0.200. The number of aryl methyl sites for hydroxylation is 1. The summed E-state index contributed by atoms with van der Waals surface area (Å²) >= 11 is 0. The van der Waals surface area contributed by atoms with Crippen LogP contribution >= 0.6 is 0 Å². The SMILES string of the molecule is CCCCCC(=O)c1c(S(=O)(=O)[O-])cc(C)c(C)c1C.[Na+]. The average Bonchev–Trinajstić information content (AvgIpc) is 2.34. The quantitative estimate of drug-likeness (QED) is 0.327. The van der Waals surface area contributed by atoms with Crippen LogP contribution < -0.4 is 29.6 Å². The van der Waals surface area contributed by atoms with Gasteiger partial charge in [0.2, 0.25) is 0 Å². The number of unbranched alkanes of at least 4 members (excludes halogenated alkanes) is 2. The molecule has 0 N–H and O–H groups in total. The van der Waals surface area contributed by atoms with Crippen LogP contribution in [-0.4, -0.2) is 18.8 Å². The Morgan fingerprint density at radius 2 is 1.71 bits per heavy atom. The van der Waals surface area contributed by atoms with Gasteiger partial charge in [0, 0.05) is 12.0 Å². The molecule has 0 heterocycles. The predicted octanol–water partition coefficient (Wildman–Crippen LogP) is 0.283. The minimum Gasteiger partial charge on any atom is -0.744 e. The summed E-state index contributed by atoms with van der Waals surface area (Å²) in [6, 6.07) is 1.32. The molecule has 21 heavy (non-hydrogen) atoms. The fourth-order valence-corrected chi connectivity index (χ4v) is 3.09. The fourth-order valence-electron chi connectivity index (χ4n) is 2.25. The maximum Gasteiger partial charge on any atom is 1.00 e. The van der Waals surface area contributed by atoms with Crippen molar-refractivity contribution in [3.8, 4) is 0 Å². The van der Waals surface area contributed by atoms with Crippen molar-refractivity contribution in [2.75, 3.05) is 0 Å². The van der Waals surface area contributed by atoms with Crippen LogP contribution in [0.2, 0.25) is 0 Å². The molecule has 1 aromatic rings. The van der Waals surface area contributed by atoms with Crippen LogP contribution in [0.4, 0.5) is 0 Å². The fraction of sp³-hybridized carbons (Fsp3) is 0.533. The molecule has 0 spiro atoms. The van der Waals surface area contributed by atoms with E-state index in [2.05, 4.69) is 0 Å². The van der Waals surface area contributed by atoms with E-state index >= 15 is 0 Å². The Balaban J connectivity index is 0.00000400. The number of carbonyl (C=O) groups is 1. The summed E-state index contributed by atoms with van der Waals surface area (Å²) in [6.07, 6.45) is 2.88. The van der Waals surface area contributed by atoms with Crippen LogP contribution in [0.5, 0.6) is 0 Å². The number of rotatable bonds is 6. The summed E-state index contributed by atoms with van der Waals surface area (Å²) in [5, 5.41) is 0. The van der Waals surface area contributed by atoms with Crippen molar-refractivity contribution in [1.82, 2.24) is 0 Å². The predicted molar refractivity (Wildman–Crippen MR) is 77.1 cm³/mol. The molecule has 0 unspecified atom stereocenters. The molecule has 0 saturated carbocycles. The smallest absolute Gasteiger partial charge is 0.744 e. The van der Waals surface area contributed by atoms with E-state index in [0.717, 1.165) is 18.4 Å². The van der Waals surface area contributed by atoms with Crippen LogP contribution in [0.3, 0.4) is 0 Å². The summed E-state index contributed by atoms with van der Waals surface area (Å²) in [4.78, 5) is 11.9. The number of benzene rings is 1. The maximum atomic E-state index is 12.3. The van der Waals surface area contributed by atoms with Gasteiger partial charge in [-0.15, -0.1) is 0 Å². The standard InChI is InChI=1S/C15H22O4S.Na/c1-5-6-7-8-13(16)15-12(4)11(3)10(2)9-14(15)20(17,18)19;/h9H,5-8H2,1-4H3,(H,17,18,19);/q;+1/p-1. The Bertz CT molecular complexity index is 621. The van der Waals surface area contributed by atoms with E-state index in [1.54, 1.807) is 13.8 Å². The Labute approximate surface area is 149 Å². The first kappa shape index (κ1) is 20.8.